The predicted molar refractivity (Wildman–Crippen MR) is 75.1 cm³/mol. The van der Waals surface area contributed by atoms with Crippen LogP contribution in [0.4, 0.5) is 0 Å². The second-order valence-electron chi connectivity index (χ2n) is 3.87. The molecule has 18 heavy (non-hydrogen) atoms. The van der Waals surface area contributed by atoms with Crippen LogP contribution in [0.1, 0.15) is 11.3 Å². The molecular weight excluding hydrogens is 266 g/mol. The normalized spacial score (nSPS) is 10.6. The topological polar surface area (TPSA) is 37.8 Å². The van der Waals surface area contributed by atoms with Gasteiger partial charge in [-0.3, -0.25) is 0 Å². The standard InChI is InChI=1S/C13H14ClN3S/c1-9-5-6-16-13(17-9)18-12-7-11(14)4-3-10(12)8-15-2/h3-7,15H,8H2,1-2H3. The van der Waals surface area contributed by atoms with Crippen LogP contribution in [-0.2, 0) is 6.54 Å². The van der Waals surface area contributed by atoms with Crippen molar-refractivity contribution in [3.63, 3.8) is 0 Å². The lowest BCUT2D eigenvalue weighted by Gasteiger charge is -2.08. The van der Waals surface area contributed by atoms with Crippen molar-refractivity contribution in [1.82, 2.24) is 15.3 Å². The van der Waals surface area contributed by atoms with Gasteiger partial charge in [0.15, 0.2) is 5.16 Å². The molecule has 2 rings (SSSR count). The molecule has 1 aromatic heterocycles. The zero-order valence-corrected chi connectivity index (χ0v) is 11.8. The Hall–Kier alpha value is -1.10. The lowest BCUT2D eigenvalue weighted by atomic mass is 10.2. The van der Waals surface area contributed by atoms with Crippen LogP contribution in [0.2, 0.25) is 5.02 Å². The highest BCUT2D eigenvalue weighted by atomic mass is 35.5. The maximum atomic E-state index is 6.04. The van der Waals surface area contributed by atoms with Gasteiger partial charge >= 0.3 is 0 Å². The van der Waals surface area contributed by atoms with Crippen LogP contribution in [-0.4, -0.2) is 17.0 Å². The summed E-state index contributed by atoms with van der Waals surface area (Å²) < 4.78 is 0. The van der Waals surface area contributed by atoms with Gasteiger partial charge in [-0.1, -0.05) is 17.7 Å². The predicted octanol–water partition coefficient (Wildman–Crippen LogP) is 3.31. The van der Waals surface area contributed by atoms with E-state index in [2.05, 4.69) is 15.3 Å². The molecule has 0 atom stereocenters. The summed E-state index contributed by atoms with van der Waals surface area (Å²) in [6.07, 6.45) is 1.77. The SMILES string of the molecule is CNCc1ccc(Cl)cc1Sc1nccc(C)n1. The van der Waals surface area contributed by atoms with E-state index in [1.54, 1.807) is 6.20 Å². The Kier molecular flexibility index (Phi) is 4.58. The van der Waals surface area contributed by atoms with E-state index in [0.717, 1.165) is 27.3 Å². The van der Waals surface area contributed by atoms with E-state index >= 15 is 0 Å². The highest BCUT2D eigenvalue weighted by Crippen LogP contribution is 2.30. The van der Waals surface area contributed by atoms with Gasteiger partial charge in [-0.15, -0.1) is 0 Å². The summed E-state index contributed by atoms with van der Waals surface area (Å²) in [6.45, 7) is 2.75. The number of benzene rings is 1. The average Bonchev–Trinajstić information content (AvgIpc) is 2.33. The Balaban J connectivity index is 2.29. The number of hydrogen-bond acceptors (Lipinski definition) is 4. The molecule has 0 spiro atoms. The van der Waals surface area contributed by atoms with Crippen molar-refractivity contribution >= 4 is 23.4 Å². The van der Waals surface area contributed by atoms with E-state index in [0.29, 0.717) is 0 Å². The Morgan fingerprint density at radius 2 is 2.17 bits per heavy atom. The highest BCUT2D eigenvalue weighted by molar-refractivity contribution is 7.99. The molecule has 0 saturated carbocycles. The fourth-order valence-corrected chi connectivity index (χ4v) is 2.73. The monoisotopic (exact) mass is 279 g/mol. The minimum atomic E-state index is 0.727. The molecule has 1 aromatic carbocycles. The van der Waals surface area contributed by atoms with Gasteiger partial charge < -0.3 is 5.32 Å². The van der Waals surface area contributed by atoms with E-state index in [9.17, 15) is 0 Å². The van der Waals surface area contributed by atoms with Crippen molar-refractivity contribution in [3.8, 4) is 0 Å². The summed E-state index contributed by atoms with van der Waals surface area (Å²) in [6, 6.07) is 7.76. The number of hydrogen-bond donors (Lipinski definition) is 1. The number of halogens is 1. The lowest BCUT2D eigenvalue weighted by molar-refractivity contribution is 0.802. The van der Waals surface area contributed by atoms with E-state index in [-0.39, 0.29) is 0 Å². The first-order valence-corrected chi connectivity index (χ1v) is 6.79. The van der Waals surface area contributed by atoms with Gasteiger partial charge in [0.05, 0.1) is 0 Å². The molecule has 3 nitrogen and oxygen atoms in total. The van der Waals surface area contributed by atoms with Gasteiger partial charge in [-0.25, -0.2) is 9.97 Å². The molecule has 1 heterocycles. The molecule has 0 fully saturated rings. The number of nitrogens with one attached hydrogen (secondary N) is 1. The third-order valence-corrected chi connectivity index (χ3v) is 3.58. The molecule has 0 aliphatic rings. The Labute approximate surface area is 116 Å². The van der Waals surface area contributed by atoms with Crippen LogP contribution in [0.15, 0.2) is 40.5 Å². The van der Waals surface area contributed by atoms with Crippen LogP contribution in [0.3, 0.4) is 0 Å². The summed E-state index contributed by atoms with van der Waals surface area (Å²) >= 11 is 7.58. The van der Waals surface area contributed by atoms with Crippen molar-refractivity contribution in [3.05, 3.63) is 46.7 Å². The van der Waals surface area contributed by atoms with Crippen LogP contribution in [0.25, 0.3) is 0 Å². The fourth-order valence-electron chi connectivity index (χ4n) is 1.53. The molecular formula is C13H14ClN3S. The summed E-state index contributed by atoms with van der Waals surface area (Å²) in [5.74, 6) is 0. The molecule has 0 radical (unpaired) electrons. The molecule has 0 unspecified atom stereocenters. The third kappa shape index (κ3) is 3.45. The van der Waals surface area contributed by atoms with Gasteiger partial charge in [0.25, 0.3) is 0 Å². The maximum absolute atomic E-state index is 6.04. The van der Waals surface area contributed by atoms with Crippen molar-refractivity contribution in [2.75, 3.05) is 7.05 Å². The lowest BCUT2D eigenvalue weighted by Crippen LogP contribution is -2.06. The molecule has 0 aliphatic heterocycles. The number of aromatic nitrogens is 2. The highest BCUT2D eigenvalue weighted by Gasteiger charge is 2.07. The Morgan fingerprint density at radius 1 is 1.33 bits per heavy atom. The van der Waals surface area contributed by atoms with Gasteiger partial charge in [0, 0.05) is 28.4 Å². The van der Waals surface area contributed by atoms with Gasteiger partial charge in [0.1, 0.15) is 0 Å². The minimum Gasteiger partial charge on any atom is -0.316 e. The molecule has 0 amide bonds. The summed E-state index contributed by atoms with van der Waals surface area (Å²) in [5.41, 5.74) is 2.15. The second-order valence-corrected chi connectivity index (χ2v) is 5.31. The van der Waals surface area contributed by atoms with Crippen molar-refractivity contribution in [2.24, 2.45) is 0 Å². The van der Waals surface area contributed by atoms with E-state index < -0.39 is 0 Å². The molecule has 1 N–H and O–H groups in total. The van der Waals surface area contributed by atoms with E-state index in [1.807, 2.05) is 38.2 Å². The third-order valence-electron chi connectivity index (χ3n) is 2.37. The average molecular weight is 280 g/mol. The van der Waals surface area contributed by atoms with Crippen molar-refractivity contribution in [1.29, 1.82) is 0 Å². The molecule has 2 aromatic rings. The molecule has 0 bridgehead atoms. The number of aryl methyl sites for hydroxylation is 1. The van der Waals surface area contributed by atoms with Gasteiger partial charge in [-0.05, 0) is 49.5 Å². The van der Waals surface area contributed by atoms with E-state index in [4.69, 9.17) is 11.6 Å². The number of rotatable bonds is 4. The van der Waals surface area contributed by atoms with Crippen molar-refractivity contribution in [2.45, 2.75) is 23.5 Å². The smallest absolute Gasteiger partial charge is 0.192 e. The van der Waals surface area contributed by atoms with Crippen LogP contribution < -0.4 is 5.32 Å². The van der Waals surface area contributed by atoms with Crippen LogP contribution in [0, 0.1) is 6.92 Å². The van der Waals surface area contributed by atoms with Crippen LogP contribution in [0.5, 0.6) is 0 Å². The Morgan fingerprint density at radius 3 is 2.89 bits per heavy atom. The first-order valence-electron chi connectivity index (χ1n) is 5.59. The summed E-state index contributed by atoms with van der Waals surface area (Å²) in [7, 11) is 1.92. The van der Waals surface area contributed by atoms with Crippen LogP contribution >= 0.6 is 23.4 Å². The zero-order valence-electron chi connectivity index (χ0n) is 10.3. The quantitative estimate of drug-likeness (QED) is 0.872. The largest absolute Gasteiger partial charge is 0.316 e. The summed E-state index contributed by atoms with van der Waals surface area (Å²) in [5, 5.41) is 4.62. The van der Waals surface area contributed by atoms with Gasteiger partial charge in [-0.2, -0.15) is 0 Å². The van der Waals surface area contributed by atoms with E-state index in [1.165, 1.54) is 17.3 Å². The molecule has 0 saturated heterocycles. The first-order chi connectivity index (χ1) is 8.69. The maximum Gasteiger partial charge on any atom is 0.192 e. The molecule has 94 valence electrons. The second kappa shape index (κ2) is 6.18. The summed E-state index contributed by atoms with van der Waals surface area (Å²) in [4.78, 5) is 9.73. The Bertz CT molecular complexity index is 546. The molecule has 0 aliphatic carbocycles. The minimum absolute atomic E-state index is 0.727. The fraction of sp³-hybridized carbons (Fsp3) is 0.231. The van der Waals surface area contributed by atoms with Crippen molar-refractivity contribution < 1.29 is 0 Å². The first kappa shape index (κ1) is 13.3. The molecule has 5 heteroatoms. The zero-order chi connectivity index (χ0) is 13.0. The number of nitrogens with zero attached hydrogens (tertiary/aromatic N) is 2. The van der Waals surface area contributed by atoms with Gasteiger partial charge in [0.2, 0.25) is 0 Å².